The lowest BCUT2D eigenvalue weighted by Gasteiger charge is -2.09. The Kier molecular flexibility index (Phi) is 2.63. The minimum Gasteiger partial charge on any atom is -0.496 e. The zero-order valence-electron chi connectivity index (χ0n) is 10.8. The lowest BCUT2D eigenvalue weighted by atomic mass is 9.95. The molecule has 0 aliphatic carbocycles. The van der Waals surface area contributed by atoms with Crippen molar-refractivity contribution in [3.8, 4) is 11.8 Å². The normalized spacial score (nSPS) is 24.1. The van der Waals surface area contributed by atoms with Crippen LogP contribution in [0.2, 0.25) is 0 Å². The number of hydrogen-bond acceptors (Lipinski definition) is 4. The number of rotatable bonds is 3. The summed E-state index contributed by atoms with van der Waals surface area (Å²) in [4.78, 5) is 11.4. The van der Waals surface area contributed by atoms with Crippen LogP contribution in [0.4, 0.5) is 0 Å². The van der Waals surface area contributed by atoms with E-state index in [1.54, 1.807) is 19.2 Å². The molecule has 0 spiro atoms. The first kappa shape index (κ1) is 12.5. The third kappa shape index (κ3) is 1.55. The van der Waals surface area contributed by atoms with Crippen molar-refractivity contribution in [1.29, 1.82) is 5.26 Å². The van der Waals surface area contributed by atoms with Gasteiger partial charge in [-0.25, -0.2) is 0 Å². The van der Waals surface area contributed by atoms with Crippen molar-refractivity contribution < 1.29 is 14.3 Å². The molecule has 1 aliphatic heterocycles. The molecule has 1 saturated heterocycles. The lowest BCUT2D eigenvalue weighted by molar-refractivity contribution is -0.121. The summed E-state index contributed by atoms with van der Waals surface area (Å²) in [5.41, 5.74) is 4.48. The van der Waals surface area contributed by atoms with Crippen molar-refractivity contribution >= 4 is 16.7 Å². The molecule has 1 aliphatic rings. The fourth-order valence-corrected chi connectivity index (χ4v) is 2.46. The third-order valence-electron chi connectivity index (χ3n) is 3.57. The van der Waals surface area contributed by atoms with E-state index in [1.165, 1.54) is 0 Å². The van der Waals surface area contributed by atoms with E-state index in [9.17, 15) is 4.79 Å². The number of epoxide rings is 1. The second-order valence-corrected chi connectivity index (χ2v) is 4.61. The number of ether oxygens (including phenoxy) is 2. The number of nitrogens with zero attached hydrogens (tertiary/aromatic N) is 1. The first-order valence-electron chi connectivity index (χ1n) is 6.08. The van der Waals surface area contributed by atoms with Crippen molar-refractivity contribution in [2.24, 2.45) is 5.73 Å². The maximum Gasteiger partial charge on any atom is 0.267 e. The number of primary amides is 1. The summed E-state index contributed by atoms with van der Waals surface area (Å²) in [6.07, 6.45) is -0.624. The highest BCUT2D eigenvalue weighted by Crippen LogP contribution is 2.51. The first-order valence-corrected chi connectivity index (χ1v) is 6.08. The van der Waals surface area contributed by atoms with Gasteiger partial charge in [0.25, 0.3) is 11.5 Å². The van der Waals surface area contributed by atoms with Crippen LogP contribution in [0, 0.1) is 11.3 Å². The molecule has 2 aromatic carbocycles. The second-order valence-electron chi connectivity index (χ2n) is 4.61. The summed E-state index contributed by atoms with van der Waals surface area (Å²) in [5, 5.41) is 10.9. The van der Waals surface area contributed by atoms with E-state index in [1.807, 2.05) is 30.3 Å². The van der Waals surface area contributed by atoms with Gasteiger partial charge in [-0.15, -0.1) is 0 Å². The van der Waals surface area contributed by atoms with Crippen LogP contribution in [0.1, 0.15) is 11.7 Å². The molecule has 1 fully saturated rings. The highest BCUT2D eigenvalue weighted by atomic mass is 16.6. The van der Waals surface area contributed by atoms with Gasteiger partial charge in [-0.1, -0.05) is 30.3 Å². The van der Waals surface area contributed by atoms with Gasteiger partial charge < -0.3 is 15.2 Å². The van der Waals surface area contributed by atoms with Crippen LogP contribution in [-0.4, -0.2) is 18.6 Å². The number of nitrogens with two attached hydrogens (primary N) is 1. The van der Waals surface area contributed by atoms with Crippen LogP contribution in [0.3, 0.4) is 0 Å². The predicted molar refractivity (Wildman–Crippen MR) is 71.9 cm³/mol. The van der Waals surface area contributed by atoms with Crippen LogP contribution < -0.4 is 10.5 Å². The molecule has 5 heteroatoms. The highest BCUT2D eigenvalue weighted by Gasteiger charge is 2.64. The van der Waals surface area contributed by atoms with Crippen LogP contribution in [0.5, 0.6) is 5.75 Å². The molecule has 2 unspecified atom stereocenters. The number of amides is 1. The fourth-order valence-electron chi connectivity index (χ4n) is 2.46. The number of methoxy groups -OCH3 is 1. The molecule has 0 radical (unpaired) electrons. The van der Waals surface area contributed by atoms with E-state index in [-0.39, 0.29) is 0 Å². The molecule has 2 N–H and O–H groups in total. The zero-order chi connectivity index (χ0) is 14.3. The van der Waals surface area contributed by atoms with Crippen LogP contribution in [0.25, 0.3) is 10.8 Å². The quantitative estimate of drug-likeness (QED) is 0.857. The van der Waals surface area contributed by atoms with Gasteiger partial charge >= 0.3 is 0 Å². The maximum absolute atomic E-state index is 11.4. The minimum atomic E-state index is -1.54. The van der Waals surface area contributed by atoms with E-state index >= 15 is 0 Å². The highest BCUT2D eigenvalue weighted by molar-refractivity contribution is 5.95. The number of fused-ring (bicyclic) bond motifs is 1. The molecule has 0 saturated carbocycles. The molecule has 0 aromatic heterocycles. The molecule has 0 bridgehead atoms. The van der Waals surface area contributed by atoms with E-state index < -0.39 is 17.6 Å². The molecular weight excluding hydrogens is 256 g/mol. The van der Waals surface area contributed by atoms with Gasteiger partial charge in [0.2, 0.25) is 0 Å². The Morgan fingerprint density at radius 3 is 2.60 bits per heavy atom. The zero-order valence-corrected chi connectivity index (χ0v) is 10.8. The topological polar surface area (TPSA) is 88.6 Å². The summed E-state index contributed by atoms with van der Waals surface area (Å²) >= 11 is 0. The molecule has 1 heterocycles. The van der Waals surface area contributed by atoms with E-state index in [0.29, 0.717) is 0 Å². The Labute approximate surface area is 115 Å². The van der Waals surface area contributed by atoms with Gasteiger partial charge in [0.15, 0.2) is 0 Å². The summed E-state index contributed by atoms with van der Waals surface area (Å²) < 4.78 is 10.6. The Morgan fingerprint density at radius 2 is 2.05 bits per heavy atom. The second kappa shape index (κ2) is 4.22. The first-order chi connectivity index (χ1) is 9.64. The lowest BCUT2D eigenvalue weighted by Crippen LogP contribution is -2.31. The Balaban J connectivity index is 2.16. The van der Waals surface area contributed by atoms with Crippen molar-refractivity contribution in [2.75, 3.05) is 7.11 Å². The standard InChI is InChI=1S/C15H12N2O3/c1-19-12-7-6-11(9-4-2-3-5-10(9)12)13-15(8-16,20-13)14(17)18/h2-7,13H,1H3,(H2,17,18). The van der Waals surface area contributed by atoms with E-state index in [4.69, 9.17) is 20.5 Å². The molecule has 1 amide bonds. The average Bonchev–Trinajstić information content (AvgIpc) is 3.22. The van der Waals surface area contributed by atoms with Gasteiger partial charge in [-0.3, -0.25) is 4.79 Å². The molecule has 3 rings (SSSR count). The maximum atomic E-state index is 11.4. The van der Waals surface area contributed by atoms with Gasteiger partial charge in [-0.05, 0) is 17.0 Å². The number of nitriles is 1. The van der Waals surface area contributed by atoms with Gasteiger partial charge in [-0.2, -0.15) is 5.26 Å². The summed E-state index contributed by atoms with van der Waals surface area (Å²) in [5.74, 6) is -0.0310. The SMILES string of the molecule is COc1ccc(C2OC2(C#N)C(N)=O)c2ccccc12. The average molecular weight is 268 g/mol. The van der Waals surface area contributed by atoms with Crippen molar-refractivity contribution in [3.63, 3.8) is 0 Å². The summed E-state index contributed by atoms with van der Waals surface area (Å²) in [6.45, 7) is 0. The summed E-state index contributed by atoms with van der Waals surface area (Å²) in [7, 11) is 1.60. The number of hydrogen-bond donors (Lipinski definition) is 1. The number of benzene rings is 2. The molecule has 5 nitrogen and oxygen atoms in total. The van der Waals surface area contributed by atoms with E-state index in [0.717, 1.165) is 22.1 Å². The predicted octanol–water partition coefficient (Wildman–Crippen LogP) is 1.67. The van der Waals surface area contributed by atoms with Crippen LogP contribution in [0.15, 0.2) is 36.4 Å². The fraction of sp³-hybridized carbons (Fsp3) is 0.200. The van der Waals surface area contributed by atoms with Crippen molar-refractivity contribution in [1.82, 2.24) is 0 Å². The number of carbonyl (C=O) groups excluding carboxylic acids is 1. The molecule has 2 atom stereocenters. The van der Waals surface area contributed by atoms with Crippen molar-refractivity contribution in [2.45, 2.75) is 11.7 Å². The minimum absolute atomic E-state index is 0.624. The van der Waals surface area contributed by atoms with Gasteiger partial charge in [0, 0.05) is 5.39 Å². The Bertz CT molecular complexity index is 750. The third-order valence-corrected chi connectivity index (χ3v) is 3.57. The largest absolute Gasteiger partial charge is 0.496 e. The van der Waals surface area contributed by atoms with Crippen LogP contribution >= 0.6 is 0 Å². The number of carbonyl (C=O) groups is 1. The summed E-state index contributed by atoms with van der Waals surface area (Å²) in [6, 6.07) is 13.1. The van der Waals surface area contributed by atoms with Gasteiger partial charge in [0.1, 0.15) is 17.9 Å². The molecule has 100 valence electrons. The van der Waals surface area contributed by atoms with Gasteiger partial charge in [0.05, 0.1) is 7.11 Å². The molecular formula is C15H12N2O3. The van der Waals surface area contributed by atoms with Crippen molar-refractivity contribution in [3.05, 3.63) is 42.0 Å². The molecule has 20 heavy (non-hydrogen) atoms. The van der Waals surface area contributed by atoms with Crippen LogP contribution in [-0.2, 0) is 9.53 Å². The van der Waals surface area contributed by atoms with E-state index in [2.05, 4.69) is 0 Å². The Morgan fingerprint density at radius 1 is 1.35 bits per heavy atom. The molecule has 2 aromatic rings. The smallest absolute Gasteiger partial charge is 0.267 e. The monoisotopic (exact) mass is 268 g/mol. The Hall–Kier alpha value is -2.58.